The number of hydrogen-bond donors (Lipinski definition) is 2. The number of anilines is 1. The van der Waals surface area contributed by atoms with Crippen LogP contribution in [0.15, 0.2) is 18.2 Å². The van der Waals surface area contributed by atoms with E-state index < -0.39 is 12.6 Å². The van der Waals surface area contributed by atoms with Gasteiger partial charge in [0.05, 0.1) is 18.1 Å². The van der Waals surface area contributed by atoms with Gasteiger partial charge in [-0.2, -0.15) is 0 Å². The van der Waals surface area contributed by atoms with E-state index in [2.05, 4.69) is 0 Å². The van der Waals surface area contributed by atoms with Gasteiger partial charge >= 0.3 is 11.9 Å². The molecule has 1 aromatic rings. The lowest BCUT2D eigenvalue weighted by molar-refractivity contribution is -0.151. The molecule has 0 spiro atoms. The summed E-state index contributed by atoms with van der Waals surface area (Å²) < 4.78 is 9.96. The van der Waals surface area contributed by atoms with Crippen LogP contribution in [-0.2, 0) is 19.1 Å². The Morgan fingerprint density at radius 1 is 1.24 bits per heavy atom. The number of carbonyl (C=O) groups is 3. The predicted molar refractivity (Wildman–Crippen MR) is 88.7 cm³/mol. The Bertz CT molecular complexity index is 653. The maximum absolute atomic E-state index is 12.1. The number of nitrogen functional groups attached to an aromatic ring is 1. The Balaban J connectivity index is 1.82. The van der Waals surface area contributed by atoms with Gasteiger partial charge in [-0.25, -0.2) is 4.79 Å². The smallest absolute Gasteiger partial charge is 0.340 e. The van der Waals surface area contributed by atoms with Gasteiger partial charge in [-0.05, 0) is 38.0 Å². The van der Waals surface area contributed by atoms with Crippen LogP contribution in [0, 0.1) is 5.92 Å². The Morgan fingerprint density at radius 3 is 2.56 bits per heavy atom. The predicted octanol–water partition coefficient (Wildman–Crippen LogP) is 0.933. The Hall–Kier alpha value is -2.77. The van der Waals surface area contributed by atoms with Crippen molar-refractivity contribution in [2.75, 3.05) is 32.0 Å². The Kier molecular flexibility index (Phi) is 6.21. The number of benzene rings is 1. The molecule has 1 fully saturated rings. The summed E-state index contributed by atoms with van der Waals surface area (Å²) in [5.41, 5.74) is 5.82. The molecule has 8 heteroatoms. The summed E-state index contributed by atoms with van der Waals surface area (Å²) in [7, 11) is 0. The summed E-state index contributed by atoms with van der Waals surface area (Å²) in [5, 5.41) is 9.40. The van der Waals surface area contributed by atoms with Crippen molar-refractivity contribution in [2.24, 2.45) is 5.92 Å². The van der Waals surface area contributed by atoms with Gasteiger partial charge in [-0.1, -0.05) is 0 Å². The third kappa shape index (κ3) is 4.85. The maximum atomic E-state index is 12.1. The summed E-state index contributed by atoms with van der Waals surface area (Å²) in [6, 6.07) is 3.92. The van der Waals surface area contributed by atoms with E-state index in [1.54, 1.807) is 11.8 Å². The average molecular weight is 350 g/mol. The summed E-state index contributed by atoms with van der Waals surface area (Å²) in [4.78, 5) is 37.3. The number of likely N-dealkylation sites (tertiary alicyclic amines) is 1. The number of carbonyl (C=O) groups excluding carboxylic acids is 3. The molecule has 8 nitrogen and oxygen atoms in total. The van der Waals surface area contributed by atoms with Crippen molar-refractivity contribution >= 4 is 23.5 Å². The van der Waals surface area contributed by atoms with Gasteiger partial charge in [0.2, 0.25) is 0 Å². The minimum absolute atomic E-state index is 0.00817. The van der Waals surface area contributed by atoms with Gasteiger partial charge in [0, 0.05) is 18.8 Å². The van der Waals surface area contributed by atoms with Crippen molar-refractivity contribution in [1.82, 2.24) is 4.90 Å². The van der Waals surface area contributed by atoms with Crippen LogP contribution < -0.4 is 5.73 Å². The zero-order valence-electron chi connectivity index (χ0n) is 14.1. The van der Waals surface area contributed by atoms with Gasteiger partial charge in [-0.3, -0.25) is 9.59 Å². The third-order valence-electron chi connectivity index (χ3n) is 4.05. The molecule has 0 atom stereocenters. The molecule has 1 heterocycles. The number of rotatable bonds is 5. The van der Waals surface area contributed by atoms with E-state index in [-0.39, 0.29) is 34.8 Å². The van der Waals surface area contributed by atoms with Crippen LogP contribution in [0.25, 0.3) is 0 Å². The zero-order valence-corrected chi connectivity index (χ0v) is 14.1. The molecule has 0 unspecified atom stereocenters. The highest BCUT2D eigenvalue weighted by molar-refractivity contribution is 5.96. The summed E-state index contributed by atoms with van der Waals surface area (Å²) in [6.45, 7) is 2.50. The number of phenols is 1. The van der Waals surface area contributed by atoms with Crippen LogP contribution >= 0.6 is 0 Å². The number of hydrogen-bond acceptors (Lipinski definition) is 7. The molecule has 1 aliphatic rings. The standard InChI is InChI=1S/C17H22N2O6/c1-2-24-16(22)11-5-7-19(8-6-11)15(21)10-25-17(23)13-9-12(20)3-4-14(13)18/h3-4,9,11,20H,2,5-8,10,18H2,1H3. The first kappa shape index (κ1) is 18.6. The van der Waals surface area contributed by atoms with Crippen LogP contribution in [0.3, 0.4) is 0 Å². The number of piperidine rings is 1. The molecular formula is C17H22N2O6. The van der Waals surface area contributed by atoms with Crippen LogP contribution in [0.1, 0.15) is 30.1 Å². The lowest BCUT2D eigenvalue weighted by atomic mass is 9.97. The first-order valence-electron chi connectivity index (χ1n) is 8.12. The molecule has 0 bridgehead atoms. The fourth-order valence-electron chi connectivity index (χ4n) is 2.64. The van der Waals surface area contributed by atoms with E-state index in [0.29, 0.717) is 32.5 Å². The van der Waals surface area contributed by atoms with Crippen molar-refractivity contribution in [3.63, 3.8) is 0 Å². The minimum atomic E-state index is -0.775. The lowest BCUT2D eigenvalue weighted by Crippen LogP contribution is -2.42. The van der Waals surface area contributed by atoms with E-state index in [9.17, 15) is 19.5 Å². The topological polar surface area (TPSA) is 119 Å². The monoisotopic (exact) mass is 350 g/mol. The number of esters is 2. The molecule has 1 amide bonds. The molecule has 0 aliphatic carbocycles. The third-order valence-corrected chi connectivity index (χ3v) is 4.05. The quantitative estimate of drug-likeness (QED) is 0.460. The molecule has 1 aromatic carbocycles. The number of nitrogens with two attached hydrogens (primary N) is 1. The molecule has 0 radical (unpaired) electrons. The normalized spacial score (nSPS) is 14.8. The van der Waals surface area contributed by atoms with E-state index in [1.165, 1.54) is 18.2 Å². The number of phenolic OH excluding ortho intramolecular Hbond substituents is 1. The Morgan fingerprint density at radius 2 is 1.92 bits per heavy atom. The Labute approximate surface area is 145 Å². The van der Waals surface area contributed by atoms with Crippen molar-refractivity contribution in [3.8, 4) is 5.75 Å². The van der Waals surface area contributed by atoms with E-state index >= 15 is 0 Å². The van der Waals surface area contributed by atoms with Crippen molar-refractivity contribution < 1.29 is 29.0 Å². The zero-order chi connectivity index (χ0) is 18.4. The van der Waals surface area contributed by atoms with E-state index in [4.69, 9.17) is 15.2 Å². The van der Waals surface area contributed by atoms with Crippen LogP contribution in [0.2, 0.25) is 0 Å². The van der Waals surface area contributed by atoms with Crippen molar-refractivity contribution in [2.45, 2.75) is 19.8 Å². The highest BCUT2D eigenvalue weighted by Crippen LogP contribution is 2.20. The number of nitrogens with zero attached hydrogens (tertiary/aromatic N) is 1. The molecule has 136 valence electrons. The van der Waals surface area contributed by atoms with E-state index in [1.807, 2.05) is 0 Å². The summed E-state index contributed by atoms with van der Waals surface area (Å²) in [5.74, 6) is -1.66. The minimum Gasteiger partial charge on any atom is -0.508 e. The van der Waals surface area contributed by atoms with E-state index in [0.717, 1.165) is 0 Å². The largest absolute Gasteiger partial charge is 0.508 e. The molecule has 0 saturated carbocycles. The average Bonchev–Trinajstić information content (AvgIpc) is 2.61. The number of aromatic hydroxyl groups is 1. The molecule has 0 aromatic heterocycles. The summed E-state index contributed by atoms with van der Waals surface area (Å²) in [6.07, 6.45) is 1.05. The first-order chi connectivity index (χ1) is 11.9. The van der Waals surface area contributed by atoms with Gasteiger partial charge in [0.1, 0.15) is 5.75 Å². The van der Waals surface area contributed by atoms with Crippen LogP contribution in [-0.4, -0.2) is 54.2 Å². The van der Waals surface area contributed by atoms with Crippen LogP contribution in [0.5, 0.6) is 5.75 Å². The second-order valence-corrected chi connectivity index (χ2v) is 5.75. The van der Waals surface area contributed by atoms with Gasteiger partial charge < -0.3 is 25.2 Å². The first-order valence-corrected chi connectivity index (χ1v) is 8.12. The molecule has 1 aliphatic heterocycles. The highest BCUT2D eigenvalue weighted by atomic mass is 16.5. The molecule has 25 heavy (non-hydrogen) atoms. The molecule has 1 saturated heterocycles. The second kappa shape index (κ2) is 8.36. The fraction of sp³-hybridized carbons (Fsp3) is 0.471. The molecule has 2 rings (SSSR count). The molecular weight excluding hydrogens is 328 g/mol. The van der Waals surface area contributed by atoms with Gasteiger partial charge in [-0.15, -0.1) is 0 Å². The fourth-order valence-corrected chi connectivity index (χ4v) is 2.64. The van der Waals surface area contributed by atoms with Crippen molar-refractivity contribution in [1.29, 1.82) is 0 Å². The lowest BCUT2D eigenvalue weighted by Gasteiger charge is -2.30. The maximum Gasteiger partial charge on any atom is 0.340 e. The van der Waals surface area contributed by atoms with Gasteiger partial charge in [0.15, 0.2) is 6.61 Å². The molecule has 3 N–H and O–H groups in total. The summed E-state index contributed by atoms with van der Waals surface area (Å²) >= 11 is 0. The van der Waals surface area contributed by atoms with Gasteiger partial charge in [0.25, 0.3) is 5.91 Å². The second-order valence-electron chi connectivity index (χ2n) is 5.75. The highest BCUT2D eigenvalue weighted by Gasteiger charge is 2.28. The van der Waals surface area contributed by atoms with Crippen LogP contribution in [0.4, 0.5) is 5.69 Å². The number of amides is 1. The van der Waals surface area contributed by atoms with Crippen molar-refractivity contribution in [3.05, 3.63) is 23.8 Å². The number of ether oxygens (including phenoxy) is 2. The SMILES string of the molecule is CCOC(=O)C1CCN(C(=O)COC(=O)c2cc(O)ccc2N)CC1.